The van der Waals surface area contributed by atoms with Gasteiger partial charge in [-0.15, -0.1) is 12.4 Å². The standard InChI is InChI=1S/C17H24N4O5.ClH/c1-25-12-3-4-13(14(9-12)26-2)17(24)21-7-5-20(6-8-21)16(23)11-19-15(22)10-18;/h3-4,9H,5-8,10-11,18H2,1-2H3,(H,19,22);1H. The van der Waals surface area contributed by atoms with E-state index < -0.39 is 0 Å². The summed E-state index contributed by atoms with van der Waals surface area (Å²) in [6.45, 7) is 1.38. The Bertz CT molecular complexity index is 677. The van der Waals surface area contributed by atoms with Crippen LogP contribution in [0.5, 0.6) is 11.5 Å². The van der Waals surface area contributed by atoms with Crippen LogP contribution in [0.1, 0.15) is 10.4 Å². The number of piperazine rings is 1. The zero-order valence-electron chi connectivity index (χ0n) is 15.4. The van der Waals surface area contributed by atoms with Crippen molar-refractivity contribution in [1.29, 1.82) is 0 Å². The molecule has 3 amide bonds. The lowest BCUT2D eigenvalue weighted by Gasteiger charge is -2.35. The van der Waals surface area contributed by atoms with Gasteiger partial charge in [-0.2, -0.15) is 0 Å². The molecule has 1 heterocycles. The molecule has 0 spiro atoms. The van der Waals surface area contributed by atoms with Crippen molar-refractivity contribution < 1.29 is 23.9 Å². The fraction of sp³-hybridized carbons (Fsp3) is 0.471. The fourth-order valence-corrected chi connectivity index (χ4v) is 2.66. The molecule has 9 nitrogen and oxygen atoms in total. The summed E-state index contributed by atoms with van der Waals surface area (Å²) in [6.07, 6.45) is 0. The first kappa shape index (κ1) is 22.5. The first-order valence-electron chi connectivity index (χ1n) is 8.26. The molecule has 2 rings (SSSR count). The van der Waals surface area contributed by atoms with Gasteiger partial charge in [-0.1, -0.05) is 0 Å². The zero-order valence-corrected chi connectivity index (χ0v) is 16.2. The monoisotopic (exact) mass is 400 g/mol. The van der Waals surface area contributed by atoms with Crippen LogP contribution in [0.25, 0.3) is 0 Å². The van der Waals surface area contributed by atoms with Gasteiger partial charge in [0.25, 0.3) is 5.91 Å². The highest BCUT2D eigenvalue weighted by Gasteiger charge is 2.26. The molecule has 1 saturated heterocycles. The molecule has 27 heavy (non-hydrogen) atoms. The molecule has 150 valence electrons. The summed E-state index contributed by atoms with van der Waals surface area (Å²) in [5.41, 5.74) is 5.63. The van der Waals surface area contributed by atoms with Gasteiger partial charge in [0.15, 0.2) is 0 Å². The molecule has 1 aliphatic heterocycles. The third-order valence-electron chi connectivity index (χ3n) is 4.18. The van der Waals surface area contributed by atoms with Crippen molar-refractivity contribution in [2.24, 2.45) is 5.73 Å². The van der Waals surface area contributed by atoms with E-state index in [0.717, 1.165) is 0 Å². The summed E-state index contributed by atoms with van der Waals surface area (Å²) in [5.74, 6) is 0.318. The molecule has 0 unspecified atom stereocenters. The predicted octanol–water partition coefficient (Wildman–Crippen LogP) is -0.515. The van der Waals surface area contributed by atoms with E-state index in [0.29, 0.717) is 43.2 Å². The Kier molecular flexibility index (Phi) is 8.83. The summed E-state index contributed by atoms with van der Waals surface area (Å²) < 4.78 is 10.4. The van der Waals surface area contributed by atoms with E-state index in [4.69, 9.17) is 15.2 Å². The highest BCUT2D eigenvalue weighted by molar-refractivity contribution is 5.97. The number of halogens is 1. The summed E-state index contributed by atoms with van der Waals surface area (Å²) in [5, 5.41) is 2.45. The van der Waals surface area contributed by atoms with E-state index in [-0.39, 0.29) is 43.2 Å². The number of benzene rings is 1. The molecule has 1 aromatic rings. The third-order valence-corrected chi connectivity index (χ3v) is 4.18. The SMILES string of the molecule is COc1ccc(C(=O)N2CCN(C(=O)CNC(=O)CN)CC2)c(OC)c1.Cl. The lowest BCUT2D eigenvalue weighted by Crippen LogP contribution is -2.52. The molecule has 0 aromatic heterocycles. The number of hydrogen-bond donors (Lipinski definition) is 2. The first-order valence-corrected chi connectivity index (χ1v) is 8.26. The molecule has 0 atom stereocenters. The number of nitrogens with zero attached hydrogens (tertiary/aromatic N) is 2. The Hall–Kier alpha value is -2.52. The Morgan fingerprint density at radius 3 is 2.26 bits per heavy atom. The van der Waals surface area contributed by atoms with Gasteiger partial charge in [0, 0.05) is 32.2 Å². The second kappa shape index (κ2) is 10.6. The predicted molar refractivity (Wildman–Crippen MR) is 101 cm³/mol. The smallest absolute Gasteiger partial charge is 0.257 e. The number of carbonyl (C=O) groups is 3. The second-order valence-electron chi connectivity index (χ2n) is 5.72. The molecular weight excluding hydrogens is 376 g/mol. The minimum atomic E-state index is -0.376. The van der Waals surface area contributed by atoms with Crippen molar-refractivity contribution in [3.8, 4) is 11.5 Å². The van der Waals surface area contributed by atoms with E-state index in [1.54, 1.807) is 35.1 Å². The number of nitrogens with one attached hydrogen (secondary N) is 1. The minimum Gasteiger partial charge on any atom is -0.497 e. The number of amides is 3. The normalized spacial score (nSPS) is 13.4. The number of carbonyl (C=O) groups excluding carboxylic acids is 3. The molecule has 0 saturated carbocycles. The number of hydrogen-bond acceptors (Lipinski definition) is 6. The summed E-state index contributed by atoms with van der Waals surface area (Å²) in [6, 6.07) is 5.03. The summed E-state index contributed by atoms with van der Waals surface area (Å²) in [4.78, 5) is 39.2. The van der Waals surface area contributed by atoms with Crippen LogP contribution < -0.4 is 20.5 Å². The highest BCUT2D eigenvalue weighted by atomic mass is 35.5. The first-order chi connectivity index (χ1) is 12.5. The lowest BCUT2D eigenvalue weighted by molar-refractivity contribution is -0.133. The molecule has 1 aromatic carbocycles. The van der Waals surface area contributed by atoms with Crippen molar-refractivity contribution >= 4 is 30.1 Å². The molecule has 3 N–H and O–H groups in total. The molecule has 1 aliphatic rings. The largest absolute Gasteiger partial charge is 0.497 e. The van der Waals surface area contributed by atoms with Crippen LogP contribution in [-0.2, 0) is 9.59 Å². The van der Waals surface area contributed by atoms with Crippen LogP contribution in [0.2, 0.25) is 0 Å². The third kappa shape index (κ3) is 5.73. The Labute approximate surface area is 164 Å². The number of methoxy groups -OCH3 is 2. The van der Waals surface area contributed by atoms with Gasteiger partial charge in [0.1, 0.15) is 11.5 Å². The quantitative estimate of drug-likeness (QED) is 0.664. The van der Waals surface area contributed by atoms with Crippen molar-refractivity contribution in [2.75, 3.05) is 53.5 Å². The molecule has 0 aliphatic carbocycles. The van der Waals surface area contributed by atoms with Gasteiger partial charge in [0.05, 0.1) is 32.9 Å². The van der Waals surface area contributed by atoms with Crippen molar-refractivity contribution in [1.82, 2.24) is 15.1 Å². The van der Waals surface area contributed by atoms with E-state index in [1.165, 1.54) is 7.11 Å². The van der Waals surface area contributed by atoms with Crippen LogP contribution in [-0.4, -0.2) is 81.0 Å². The maximum absolute atomic E-state index is 12.7. The number of ether oxygens (including phenoxy) is 2. The number of rotatable bonds is 6. The second-order valence-corrected chi connectivity index (χ2v) is 5.72. The number of nitrogens with two attached hydrogens (primary N) is 1. The Morgan fingerprint density at radius 2 is 1.70 bits per heavy atom. The van der Waals surface area contributed by atoms with E-state index in [9.17, 15) is 14.4 Å². The molecular formula is C17H25ClN4O5. The minimum absolute atomic E-state index is 0. The van der Waals surface area contributed by atoms with Gasteiger partial charge in [-0.05, 0) is 12.1 Å². The van der Waals surface area contributed by atoms with E-state index in [2.05, 4.69) is 5.32 Å². The topological polar surface area (TPSA) is 114 Å². The van der Waals surface area contributed by atoms with E-state index >= 15 is 0 Å². The van der Waals surface area contributed by atoms with Crippen molar-refractivity contribution in [3.63, 3.8) is 0 Å². The van der Waals surface area contributed by atoms with Gasteiger partial charge in [-0.25, -0.2) is 0 Å². The summed E-state index contributed by atoms with van der Waals surface area (Å²) in [7, 11) is 3.04. The van der Waals surface area contributed by atoms with Crippen LogP contribution in [0.4, 0.5) is 0 Å². The Morgan fingerprint density at radius 1 is 1.07 bits per heavy atom. The zero-order chi connectivity index (χ0) is 19.1. The lowest BCUT2D eigenvalue weighted by atomic mass is 10.1. The summed E-state index contributed by atoms with van der Waals surface area (Å²) >= 11 is 0. The van der Waals surface area contributed by atoms with Gasteiger partial charge in [0.2, 0.25) is 11.8 Å². The van der Waals surface area contributed by atoms with Gasteiger partial charge < -0.3 is 30.3 Å². The average Bonchev–Trinajstić information content (AvgIpc) is 2.70. The highest BCUT2D eigenvalue weighted by Crippen LogP contribution is 2.26. The van der Waals surface area contributed by atoms with Crippen LogP contribution in [0, 0.1) is 0 Å². The maximum Gasteiger partial charge on any atom is 0.257 e. The van der Waals surface area contributed by atoms with Crippen LogP contribution in [0.3, 0.4) is 0 Å². The molecule has 10 heteroatoms. The Balaban J connectivity index is 0.00000364. The molecule has 0 bridgehead atoms. The van der Waals surface area contributed by atoms with Gasteiger partial charge >= 0.3 is 0 Å². The van der Waals surface area contributed by atoms with Crippen molar-refractivity contribution in [2.45, 2.75) is 0 Å². The average molecular weight is 401 g/mol. The van der Waals surface area contributed by atoms with Crippen LogP contribution in [0.15, 0.2) is 18.2 Å². The molecule has 0 radical (unpaired) electrons. The molecule has 1 fully saturated rings. The van der Waals surface area contributed by atoms with Crippen LogP contribution >= 0.6 is 12.4 Å². The maximum atomic E-state index is 12.7. The van der Waals surface area contributed by atoms with Gasteiger partial charge in [-0.3, -0.25) is 14.4 Å². The van der Waals surface area contributed by atoms with E-state index in [1.807, 2.05) is 0 Å². The fourth-order valence-electron chi connectivity index (χ4n) is 2.66. The van der Waals surface area contributed by atoms with Crippen molar-refractivity contribution in [3.05, 3.63) is 23.8 Å².